The lowest BCUT2D eigenvalue weighted by Crippen LogP contribution is -2.14. The number of sulfone groups is 1. The number of para-hydroxylation sites is 1. The molecule has 7 nitrogen and oxygen atoms in total. The summed E-state index contributed by atoms with van der Waals surface area (Å²) < 4.78 is 26.8. The van der Waals surface area contributed by atoms with Gasteiger partial charge in [-0.05, 0) is 48.4 Å². The number of pyridine rings is 1. The molecule has 0 aliphatic carbocycles. The van der Waals surface area contributed by atoms with Crippen molar-refractivity contribution >= 4 is 21.4 Å². The van der Waals surface area contributed by atoms with E-state index < -0.39 is 9.84 Å². The molecule has 2 aromatic heterocycles. The topological polar surface area (TPSA) is 93.9 Å². The predicted molar refractivity (Wildman–Crippen MR) is 157 cm³/mol. The van der Waals surface area contributed by atoms with Crippen molar-refractivity contribution in [2.45, 2.75) is 18.9 Å². The molecule has 0 bridgehead atoms. The lowest BCUT2D eigenvalue weighted by Gasteiger charge is -2.15. The summed E-state index contributed by atoms with van der Waals surface area (Å²) in [5, 5.41) is 7.97. The number of rotatable bonds is 7. The van der Waals surface area contributed by atoms with E-state index >= 15 is 0 Å². The minimum Gasteiger partial charge on any atom is -0.322 e. The van der Waals surface area contributed by atoms with Gasteiger partial charge in [0.05, 0.1) is 28.9 Å². The van der Waals surface area contributed by atoms with Crippen LogP contribution in [0, 0.1) is 0 Å². The average molecular weight is 549 g/mol. The van der Waals surface area contributed by atoms with E-state index in [1.807, 2.05) is 102 Å². The van der Waals surface area contributed by atoms with Crippen LogP contribution in [-0.2, 0) is 16.3 Å². The van der Waals surface area contributed by atoms with Gasteiger partial charge in [0.15, 0.2) is 9.84 Å². The third-order valence-electron chi connectivity index (χ3n) is 7.12. The second kappa shape index (κ2) is 10.9. The maximum atomic E-state index is 13.0. The second-order valence-electron chi connectivity index (χ2n) is 9.96. The molecule has 1 saturated heterocycles. The summed E-state index contributed by atoms with van der Waals surface area (Å²) in [6, 6.07) is 32.3. The molecule has 8 heteroatoms. The van der Waals surface area contributed by atoms with Crippen LogP contribution in [0.3, 0.4) is 0 Å². The van der Waals surface area contributed by atoms with Crippen molar-refractivity contribution < 1.29 is 13.2 Å². The fourth-order valence-electron chi connectivity index (χ4n) is 5.23. The highest BCUT2D eigenvalue weighted by Gasteiger charge is 2.33. The van der Waals surface area contributed by atoms with Gasteiger partial charge in [0, 0.05) is 35.0 Å². The highest BCUT2D eigenvalue weighted by Crippen LogP contribution is 2.37. The van der Waals surface area contributed by atoms with Crippen LogP contribution >= 0.6 is 0 Å². The molecule has 40 heavy (non-hydrogen) atoms. The van der Waals surface area contributed by atoms with E-state index in [9.17, 15) is 13.2 Å². The minimum atomic E-state index is -3.13. The van der Waals surface area contributed by atoms with E-state index in [1.165, 1.54) is 0 Å². The van der Waals surface area contributed by atoms with E-state index in [1.54, 1.807) is 12.3 Å². The normalized spacial score (nSPS) is 16.1. The third kappa shape index (κ3) is 5.44. The molecule has 200 valence electrons. The van der Waals surface area contributed by atoms with E-state index in [0.29, 0.717) is 29.8 Å². The molecule has 5 aromatic rings. The molecule has 1 amide bonds. The van der Waals surface area contributed by atoms with Crippen LogP contribution in [0.5, 0.6) is 0 Å². The molecule has 1 unspecified atom stereocenters. The van der Waals surface area contributed by atoms with Crippen molar-refractivity contribution in [3.05, 3.63) is 126 Å². The Morgan fingerprint density at radius 2 is 1.65 bits per heavy atom. The number of hydrogen-bond donors (Lipinski definition) is 1. The Balaban J connectivity index is 1.45. The maximum absolute atomic E-state index is 13.0. The summed E-state index contributed by atoms with van der Waals surface area (Å²) in [6.07, 6.45) is 2.73. The molecule has 6 rings (SSSR count). The van der Waals surface area contributed by atoms with Gasteiger partial charge >= 0.3 is 0 Å². The van der Waals surface area contributed by atoms with Gasteiger partial charge in [0.25, 0.3) is 5.91 Å². The number of hydrogen-bond acceptors (Lipinski definition) is 5. The number of anilines is 1. The summed E-state index contributed by atoms with van der Waals surface area (Å²) in [5.41, 5.74) is 6.42. The number of amides is 1. The molecule has 0 radical (unpaired) electrons. The van der Waals surface area contributed by atoms with Crippen LogP contribution < -0.4 is 5.32 Å². The third-order valence-corrected chi connectivity index (χ3v) is 8.87. The smallest absolute Gasteiger partial charge is 0.255 e. The molecular weight excluding hydrogens is 520 g/mol. The van der Waals surface area contributed by atoms with Gasteiger partial charge in [0.2, 0.25) is 0 Å². The van der Waals surface area contributed by atoms with Crippen molar-refractivity contribution in [3.63, 3.8) is 0 Å². The molecule has 0 spiro atoms. The zero-order valence-electron chi connectivity index (χ0n) is 21.8. The first-order chi connectivity index (χ1) is 19.5. The van der Waals surface area contributed by atoms with E-state index in [2.05, 4.69) is 10.3 Å². The number of nitrogens with zero attached hydrogens (tertiary/aromatic N) is 3. The summed E-state index contributed by atoms with van der Waals surface area (Å²) in [5.74, 6) is 0.0247. The van der Waals surface area contributed by atoms with Gasteiger partial charge in [-0.3, -0.25) is 14.5 Å². The lowest BCUT2D eigenvalue weighted by molar-refractivity contribution is 0.102. The molecular formula is C32H28N4O3S. The zero-order valence-corrected chi connectivity index (χ0v) is 22.6. The first-order valence-corrected chi connectivity index (χ1v) is 15.0. The van der Waals surface area contributed by atoms with Crippen molar-refractivity contribution in [1.29, 1.82) is 0 Å². The molecule has 1 fully saturated rings. The van der Waals surface area contributed by atoms with Crippen LogP contribution in [0.2, 0.25) is 0 Å². The Kier molecular flexibility index (Phi) is 7.00. The largest absolute Gasteiger partial charge is 0.322 e. The minimum absolute atomic E-state index is 0.0603. The first kappa shape index (κ1) is 25.7. The number of carbonyl (C=O) groups excluding carboxylic acids is 1. The highest BCUT2D eigenvalue weighted by atomic mass is 32.2. The lowest BCUT2D eigenvalue weighted by atomic mass is 9.96. The van der Waals surface area contributed by atoms with Crippen LogP contribution in [0.15, 0.2) is 109 Å². The Morgan fingerprint density at radius 1 is 0.900 bits per heavy atom. The van der Waals surface area contributed by atoms with Crippen LogP contribution in [0.1, 0.15) is 33.9 Å². The van der Waals surface area contributed by atoms with E-state index in [4.69, 9.17) is 5.10 Å². The monoisotopic (exact) mass is 548 g/mol. The maximum Gasteiger partial charge on any atom is 0.255 e. The summed E-state index contributed by atoms with van der Waals surface area (Å²) in [6.45, 7) is 0. The standard InChI is InChI=1S/C32H28N4O3S/c37-32(34-26-14-5-2-6-15-26)25-13-9-10-23(20-25)21-28-30(29-16-7-8-18-33-29)35-36(27-17-19-40(38,39)22-27)31(28)24-11-3-1-4-12-24/h1-16,18,20,27H,17,19,21-22H2,(H,34,37). The second-order valence-corrected chi connectivity index (χ2v) is 12.2. The molecule has 1 atom stereocenters. The van der Waals surface area contributed by atoms with Crippen LogP contribution in [-0.4, -0.2) is 40.6 Å². The first-order valence-electron chi connectivity index (χ1n) is 13.2. The Morgan fingerprint density at radius 3 is 2.35 bits per heavy atom. The van der Waals surface area contributed by atoms with Gasteiger partial charge in [-0.15, -0.1) is 0 Å². The quantitative estimate of drug-likeness (QED) is 0.277. The summed E-state index contributed by atoms with van der Waals surface area (Å²) in [7, 11) is -3.13. The van der Waals surface area contributed by atoms with Gasteiger partial charge in [-0.2, -0.15) is 5.10 Å². The van der Waals surface area contributed by atoms with Crippen LogP contribution in [0.25, 0.3) is 22.6 Å². The van der Waals surface area contributed by atoms with Crippen molar-refractivity contribution in [2.75, 3.05) is 16.8 Å². The molecule has 1 aliphatic heterocycles. The summed E-state index contributed by atoms with van der Waals surface area (Å²) >= 11 is 0. The van der Waals surface area contributed by atoms with Gasteiger partial charge < -0.3 is 5.32 Å². The fraction of sp³-hybridized carbons (Fsp3) is 0.156. The fourth-order valence-corrected chi connectivity index (χ4v) is 6.92. The van der Waals surface area contributed by atoms with Crippen LogP contribution in [0.4, 0.5) is 5.69 Å². The average Bonchev–Trinajstić information content (AvgIpc) is 3.54. The molecule has 1 aliphatic rings. The van der Waals surface area contributed by atoms with Crippen molar-refractivity contribution in [3.8, 4) is 22.6 Å². The highest BCUT2D eigenvalue weighted by molar-refractivity contribution is 7.91. The molecule has 3 heterocycles. The molecule has 3 aromatic carbocycles. The van der Waals surface area contributed by atoms with E-state index in [0.717, 1.165) is 28.1 Å². The number of carbonyl (C=O) groups is 1. The number of aromatic nitrogens is 3. The van der Waals surface area contributed by atoms with Crippen molar-refractivity contribution in [2.24, 2.45) is 0 Å². The Labute approximate surface area is 233 Å². The van der Waals surface area contributed by atoms with Gasteiger partial charge in [0.1, 0.15) is 5.69 Å². The Hall–Kier alpha value is -4.56. The van der Waals surface area contributed by atoms with E-state index in [-0.39, 0.29) is 23.5 Å². The van der Waals surface area contributed by atoms with Crippen molar-refractivity contribution in [1.82, 2.24) is 14.8 Å². The number of benzene rings is 3. The molecule has 0 saturated carbocycles. The molecule has 1 N–H and O–H groups in total. The van der Waals surface area contributed by atoms with Gasteiger partial charge in [-0.25, -0.2) is 8.42 Å². The predicted octanol–water partition coefficient (Wildman–Crippen LogP) is 5.81. The Bertz CT molecular complexity index is 1750. The van der Waals surface area contributed by atoms with Gasteiger partial charge in [-0.1, -0.05) is 66.7 Å². The number of nitrogens with one attached hydrogen (secondary N) is 1. The summed E-state index contributed by atoms with van der Waals surface area (Å²) in [4.78, 5) is 17.6. The SMILES string of the molecule is O=C(Nc1ccccc1)c1cccc(Cc2c(-c3ccccn3)nn(C3CCS(=O)(=O)C3)c2-c2ccccc2)c1. The zero-order chi connectivity index (χ0) is 27.5.